The maximum absolute atomic E-state index is 12.0. The molecule has 1 unspecified atom stereocenters. The average molecular weight is 286 g/mol. The Hall–Kier alpha value is -0.610. The highest BCUT2D eigenvalue weighted by molar-refractivity contribution is 5.76. The fourth-order valence-electron chi connectivity index (χ4n) is 2.29. The predicted octanol–water partition coefficient (Wildman–Crippen LogP) is 2.68. The molecule has 1 N–H and O–H groups in total. The molecular formula is C16H34N2O2. The van der Waals surface area contributed by atoms with E-state index in [-0.39, 0.29) is 12.0 Å². The summed E-state index contributed by atoms with van der Waals surface area (Å²) < 4.78 is 5.18. The van der Waals surface area contributed by atoms with Crippen LogP contribution in [-0.2, 0) is 9.53 Å². The molecule has 0 heterocycles. The highest BCUT2D eigenvalue weighted by Crippen LogP contribution is 2.10. The van der Waals surface area contributed by atoms with Gasteiger partial charge in [-0.05, 0) is 32.4 Å². The third-order valence-electron chi connectivity index (χ3n) is 3.77. The van der Waals surface area contributed by atoms with Crippen LogP contribution < -0.4 is 5.32 Å². The van der Waals surface area contributed by atoms with Gasteiger partial charge in [-0.25, -0.2) is 0 Å². The normalized spacial score (nSPS) is 12.9. The first-order valence-corrected chi connectivity index (χ1v) is 8.25. The minimum absolute atomic E-state index is 0.121. The van der Waals surface area contributed by atoms with Crippen LogP contribution in [0.25, 0.3) is 0 Å². The van der Waals surface area contributed by atoms with Crippen LogP contribution in [0.15, 0.2) is 0 Å². The van der Waals surface area contributed by atoms with Crippen molar-refractivity contribution in [1.29, 1.82) is 0 Å². The number of carbonyl (C=O) groups is 1. The lowest BCUT2D eigenvalue weighted by Gasteiger charge is -2.28. The second-order valence-electron chi connectivity index (χ2n) is 5.29. The quantitative estimate of drug-likeness (QED) is 0.560. The second-order valence-corrected chi connectivity index (χ2v) is 5.29. The van der Waals surface area contributed by atoms with E-state index in [2.05, 4.69) is 37.9 Å². The Morgan fingerprint density at radius 1 is 1.10 bits per heavy atom. The molecular weight excluding hydrogens is 252 g/mol. The van der Waals surface area contributed by atoms with Gasteiger partial charge in [-0.15, -0.1) is 0 Å². The molecule has 0 saturated heterocycles. The van der Waals surface area contributed by atoms with Gasteiger partial charge in [0, 0.05) is 13.1 Å². The third kappa shape index (κ3) is 7.85. The number of hydrogen-bond acceptors (Lipinski definition) is 4. The Kier molecular flexibility index (Phi) is 11.8. The predicted molar refractivity (Wildman–Crippen MR) is 84.9 cm³/mol. The molecule has 1 atom stereocenters. The molecule has 0 aromatic heterocycles. The molecule has 0 bridgehead atoms. The van der Waals surface area contributed by atoms with Gasteiger partial charge in [-0.3, -0.25) is 4.79 Å². The smallest absolute Gasteiger partial charge is 0.324 e. The van der Waals surface area contributed by atoms with Gasteiger partial charge < -0.3 is 15.0 Å². The summed E-state index contributed by atoms with van der Waals surface area (Å²) in [7, 11) is 0. The standard InChI is InChI=1S/C16H34N2O2/c1-6-11-17-15(16(19)20-10-5)13-18(9-4)12-14(7-2)8-3/h14-15,17H,6-13H2,1-5H3. The summed E-state index contributed by atoms with van der Waals surface area (Å²) in [4.78, 5) is 14.4. The van der Waals surface area contributed by atoms with Crippen molar-refractivity contribution in [2.75, 3.05) is 32.8 Å². The maximum Gasteiger partial charge on any atom is 0.324 e. The first-order valence-electron chi connectivity index (χ1n) is 8.25. The van der Waals surface area contributed by atoms with Crippen molar-refractivity contribution in [3.63, 3.8) is 0 Å². The molecule has 0 aliphatic carbocycles. The molecule has 0 rings (SSSR count). The van der Waals surface area contributed by atoms with E-state index in [9.17, 15) is 4.79 Å². The number of hydrogen-bond donors (Lipinski definition) is 1. The zero-order chi connectivity index (χ0) is 15.4. The van der Waals surface area contributed by atoms with Gasteiger partial charge in [0.15, 0.2) is 0 Å². The van der Waals surface area contributed by atoms with E-state index in [0.717, 1.165) is 32.6 Å². The third-order valence-corrected chi connectivity index (χ3v) is 3.77. The zero-order valence-corrected chi connectivity index (χ0v) is 14.1. The number of nitrogens with one attached hydrogen (secondary N) is 1. The van der Waals surface area contributed by atoms with E-state index in [1.54, 1.807) is 0 Å². The average Bonchev–Trinajstić information content (AvgIpc) is 2.47. The van der Waals surface area contributed by atoms with E-state index >= 15 is 0 Å². The molecule has 0 aliphatic heterocycles. The molecule has 0 amide bonds. The molecule has 0 spiro atoms. The van der Waals surface area contributed by atoms with Crippen LogP contribution in [0.3, 0.4) is 0 Å². The first kappa shape index (κ1) is 19.4. The fraction of sp³-hybridized carbons (Fsp3) is 0.938. The molecule has 4 nitrogen and oxygen atoms in total. The maximum atomic E-state index is 12.0. The summed E-state index contributed by atoms with van der Waals surface area (Å²) in [5.74, 6) is 0.591. The number of likely N-dealkylation sites (N-methyl/N-ethyl adjacent to an activating group) is 1. The lowest BCUT2D eigenvalue weighted by atomic mass is 10.0. The van der Waals surface area contributed by atoms with Gasteiger partial charge in [0.2, 0.25) is 0 Å². The SMILES string of the molecule is CCCNC(CN(CC)CC(CC)CC)C(=O)OCC. The topological polar surface area (TPSA) is 41.6 Å². The van der Waals surface area contributed by atoms with Gasteiger partial charge in [-0.2, -0.15) is 0 Å². The Balaban J connectivity index is 4.51. The minimum Gasteiger partial charge on any atom is -0.465 e. The van der Waals surface area contributed by atoms with Crippen molar-refractivity contribution >= 4 is 5.97 Å². The highest BCUT2D eigenvalue weighted by Gasteiger charge is 2.22. The second kappa shape index (κ2) is 12.2. The molecule has 0 radical (unpaired) electrons. The summed E-state index contributed by atoms with van der Waals surface area (Å²) in [5, 5.41) is 3.31. The van der Waals surface area contributed by atoms with Crippen LogP contribution in [0.4, 0.5) is 0 Å². The largest absolute Gasteiger partial charge is 0.465 e. The number of esters is 1. The summed E-state index contributed by atoms with van der Waals surface area (Å²) in [6, 6.07) is -0.204. The summed E-state index contributed by atoms with van der Waals surface area (Å²) >= 11 is 0. The van der Waals surface area contributed by atoms with E-state index in [0.29, 0.717) is 12.5 Å². The molecule has 0 aromatic rings. The van der Waals surface area contributed by atoms with Crippen LogP contribution in [-0.4, -0.2) is 49.7 Å². The van der Waals surface area contributed by atoms with Crippen LogP contribution in [0.2, 0.25) is 0 Å². The van der Waals surface area contributed by atoms with Crippen molar-refractivity contribution < 1.29 is 9.53 Å². The van der Waals surface area contributed by atoms with E-state index in [4.69, 9.17) is 4.74 Å². The summed E-state index contributed by atoms with van der Waals surface area (Å²) in [6.07, 6.45) is 3.41. The molecule has 4 heteroatoms. The molecule has 0 aromatic carbocycles. The number of nitrogens with zero attached hydrogens (tertiary/aromatic N) is 1. The van der Waals surface area contributed by atoms with Crippen molar-refractivity contribution in [2.45, 2.75) is 59.9 Å². The lowest BCUT2D eigenvalue weighted by molar-refractivity contribution is -0.146. The molecule has 0 aliphatic rings. The van der Waals surface area contributed by atoms with Crippen LogP contribution >= 0.6 is 0 Å². The molecule has 0 saturated carbocycles. The van der Waals surface area contributed by atoms with Gasteiger partial charge in [0.05, 0.1) is 6.61 Å². The van der Waals surface area contributed by atoms with Crippen molar-refractivity contribution in [1.82, 2.24) is 10.2 Å². The molecule has 20 heavy (non-hydrogen) atoms. The summed E-state index contributed by atoms with van der Waals surface area (Å²) in [6.45, 7) is 14.7. The lowest BCUT2D eigenvalue weighted by Crippen LogP contribution is -2.48. The number of rotatable bonds is 12. The summed E-state index contributed by atoms with van der Waals surface area (Å²) in [5.41, 5.74) is 0. The van der Waals surface area contributed by atoms with Crippen molar-refractivity contribution in [3.8, 4) is 0 Å². The Labute approximate surface area is 125 Å². The number of ether oxygens (including phenoxy) is 1. The molecule has 0 fully saturated rings. The highest BCUT2D eigenvalue weighted by atomic mass is 16.5. The van der Waals surface area contributed by atoms with Crippen LogP contribution in [0.1, 0.15) is 53.9 Å². The number of carbonyl (C=O) groups excluding carboxylic acids is 1. The van der Waals surface area contributed by atoms with Gasteiger partial charge in [0.25, 0.3) is 0 Å². The van der Waals surface area contributed by atoms with E-state index in [1.807, 2.05) is 6.92 Å². The van der Waals surface area contributed by atoms with E-state index < -0.39 is 0 Å². The van der Waals surface area contributed by atoms with E-state index in [1.165, 1.54) is 12.8 Å². The first-order chi connectivity index (χ1) is 9.62. The van der Waals surface area contributed by atoms with Gasteiger partial charge >= 0.3 is 5.97 Å². The fourth-order valence-corrected chi connectivity index (χ4v) is 2.29. The van der Waals surface area contributed by atoms with Crippen LogP contribution in [0.5, 0.6) is 0 Å². The minimum atomic E-state index is -0.204. The van der Waals surface area contributed by atoms with Gasteiger partial charge in [-0.1, -0.05) is 40.5 Å². The van der Waals surface area contributed by atoms with Gasteiger partial charge in [0.1, 0.15) is 6.04 Å². The Morgan fingerprint density at radius 3 is 2.20 bits per heavy atom. The van der Waals surface area contributed by atoms with Crippen LogP contribution in [0, 0.1) is 5.92 Å². The van der Waals surface area contributed by atoms with Crippen molar-refractivity contribution in [2.24, 2.45) is 5.92 Å². The Morgan fingerprint density at radius 2 is 1.75 bits per heavy atom. The Bertz CT molecular complexity index is 243. The zero-order valence-electron chi connectivity index (χ0n) is 14.1. The molecule has 120 valence electrons. The van der Waals surface area contributed by atoms with Crippen molar-refractivity contribution in [3.05, 3.63) is 0 Å². The monoisotopic (exact) mass is 286 g/mol.